The van der Waals surface area contributed by atoms with Crippen LogP contribution in [0.25, 0.3) is 11.4 Å². The lowest BCUT2D eigenvalue weighted by Crippen LogP contribution is -2.17. The second kappa shape index (κ2) is 7.15. The lowest BCUT2D eigenvalue weighted by atomic mass is 9.95. The average Bonchev–Trinajstić information content (AvgIpc) is 3.23. The van der Waals surface area contributed by atoms with Crippen molar-refractivity contribution in [1.29, 1.82) is 0 Å². The predicted octanol–water partition coefficient (Wildman–Crippen LogP) is 4.00. The molecule has 0 spiro atoms. The maximum Gasteiger partial charge on any atom is 0.319 e. The average molecular weight is 361 g/mol. The molecular formula is C18H20FN3O2S. The summed E-state index contributed by atoms with van der Waals surface area (Å²) in [4.78, 5) is 11.8. The number of aromatic nitrogens is 3. The minimum absolute atomic E-state index is 0.198. The lowest BCUT2D eigenvalue weighted by molar-refractivity contribution is -0.137. The number of ether oxygens (including phenoxy) is 1. The maximum absolute atomic E-state index is 14.3. The highest BCUT2D eigenvalue weighted by molar-refractivity contribution is 8.00. The molecule has 1 aromatic heterocycles. The van der Waals surface area contributed by atoms with Crippen LogP contribution >= 0.6 is 11.8 Å². The molecule has 2 heterocycles. The summed E-state index contributed by atoms with van der Waals surface area (Å²) in [6.07, 6.45) is 6.26. The minimum Gasteiger partial charge on any atom is -0.465 e. The van der Waals surface area contributed by atoms with E-state index < -0.39 is 0 Å². The summed E-state index contributed by atoms with van der Waals surface area (Å²) in [7, 11) is 0. The van der Waals surface area contributed by atoms with Crippen LogP contribution in [-0.4, -0.2) is 32.6 Å². The van der Waals surface area contributed by atoms with Gasteiger partial charge in [-0.05, 0) is 25.0 Å². The third kappa shape index (κ3) is 3.29. The third-order valence-corrected chi connectivity index (χ3v) is 6.06. The van der Waals surface area contributed by atoms with Crippen molar-refractivity contribution in [3.05, 3.63) is 30.1 Å². The lowest BCUT2D eigenvalue weighted by Gasteiger charge is -2.26. The van der Waals surface area contributed by atoms with Gasteiger partial charge in [-0.25, -0.2) is 4.39 Å². The molecule has 0 radical (unpaired) electrons. The summed E-state index contributed by atoms with van der Waals surface area (Å²) in [6.45, 7) is 0.453. The molecule has 1 aliphatic heterocycles. The third-order valence-electron chi connectivity index (χ3n) is 4.85. The number of cyclic esters (lactones) is 1. The van der Waals surface area contributed by atoms with Crippen LogP contribution < -0.4 is 0 Å². The number of rotatable bonds is 4. The van der Waals surface area contributed by atoms with Gasteiger partial charge in [-0.3, -0.25) is 9.36 Å². The van der Waals surface area contributed by atoms with Crippen LogP contribution in [-0.2, 0) is 9.53 Å². The minimum atomic E-state index is -0.302. The Balaban J connectivity index is 1.73. The zero-order valence-corrected chi connectivity index (χ0v) is 14.7. The summed E-state index contributed by atoms with van der Waals surface area (Å²) < 4.78 is 21.4. The fourth-order valence-electron chi connectivity index (χ4n) is 3.56. The van der Waals surface area contributed by atoms with Gasteiger partial charge in [0.05, 0.1) is 12.2 Å². The molecule has 2 fully saturated rings. The van der Waals surface area contributed by atoms with Crippen molar-refractivity contribution in [1.82, 2.24) is 14.8 Å². The van der Waals surface area contributed by atoms with Crippen molar-refractivity contribution in [3.63, 3.8) is 0 Å². The normalized spacial score (nSPS) is 21.5. The van der Waals surface area contributed by atoms with E-state index in [4.69, 9.17) is 4.74 Å². The fraction of sp³-hybridized carbons (Fsp3) is 0.500. The van der Waals surface area contributed by atoms with Gasteiger partial charge < -0.3 is 4.74 Å². The van der Waals surface area contributed by atoms with Crippen molar-refractivity contribution < 1.29 is 13.9 Å². The molecule has 7 heteroatoms. The maximum atomic E-state index is 14.3. The summed E-state index contributed by atoms with van der Waals surface area (Å²) in [5.74, 6) is 0.0540. The molecule has 1 aromatic carbocycles. The Bertz CT molecular complexity index is 773. The molecule has 2 aromatic rings. The van der Waals surface area contributed by atoms with Gasteiger partial charge in [0.15, 0.2) is 11.0 Å². The zero-order chi connectivity index (χ0) is 17.2. The molecule has 1 atom stereocenters. The SMILES string of the molecule is O=C1OCCC1Sc1nnc(-c2ccccc2F)n1C1CCCCC1. The van der Waals surface area contributed by atoms with E-state index in [1.807, 2.05) is 4.57 Å². The summed E-state index contributed by atoms with van der Waals surface area (Å²) in [5.41, 5.74) is 0.460. The van der Waals surface area contributed by atoms with Crippen LogP contribution in [0.15, 0.2) is 29.4 Å². The predicted molar refractivity (Wildman–Crippen MR) is 92.8 cm³/mol. The Hall–Kier alpha value is -1.89. The van der Waals surface area contributed by atoms with Crippen LogP contribution in [0.1, 0.15) is 44.6 Å². The molecule has 2 aliphatic rings. The number of carbonyl (C=O) groups excluding carboxylic acids is 1. The van der Waals surface area contributed by atoms with E-state index >= 15 is 0 Å². The molecule has 1 unspecified atom stereocenters. The highest BCUT2D eigenvalue weighted by atomic mass is 32.2. The number of esters is 1. The van der Waals surface area contributed by atoms with Crippen LogP contribution in [0.3, 0.4) is 0 Å². The Morgan fingerprint density at radius 2 is 1.92 bits per heavy atom. The van der Waals surface area contributed by atoms with E-state index in [-0.39, 0.29) is 23.1 Å². The monoisotopic (exact) mass is 361 g/mol. The Labute approximate surface area is 150 Å². The summed E-state index contributed by atoms with van der Waals surface area (Å²) in [6, 6.07) is 6.90. The molecule has 0 bridgehead atoms. The number of thioether (sulfide) groups is 1. The Morgan fingerprint density at radius 1 is 1.12 bits per heavy atom. The van der Waals surface area contributed by atoms with Crippen molar-refractivity contribution in [2.45, 2.75) is 55.0 Å². The fourth-order valence-corrected chi connectivity index (χ4v) is 4.63. The first kappa shape index (κ1) is 16.6. The number of carbonyl (C=O) groups is 1. The van der Waals surface area contributed by atoms with Crippen molar-refractivity contribution in [3.8, 4) is 11.4 Å². The quantitative estimate of drug-likeness (QED) is 0.771. The van der Waals surface area contributed by atoms with E-state index in [1.54, 1.807) is 18.2 Å². The Morgan fingerprint density at radius 3 is 2.64 bits per heavy atom. The molecule has 132 valence electrons. The Kier molecular flexibility index (Phi) is 4.74. The van der Waals surface area contributed by atoms with Crippen molar-refractivity contribution in [2.75, 3.05) is 6.61 Å². The van der Waals surface area contributed by atoms with E-state index in [0.717, 1.165) is 25.7 Å². The number of nitrogens with zero attached hydrogens (tertiary/aromatic N) is 3. The topological polar surface area (TPSA) is 57.0 Å². The zero-order valence-electron chi connectivity index (χ0n) is 13.9. The molecule has 1 aliphatic carbocycles. The van der Waals surface area contributed by atoms with Crippen molar-refractivity contribution in [2.24, 2.45) is 0 Å². The van der Waals surface area contributed by atoms with Gasteiger partial charge in [0.2, 0.25) is 0 Å². The molecule has 4 rings (SSSR count). The van der Waals surface area contributed by atoms with Crippen molar-refractivity contribution >= 4 is 17.7 Å². The van der Waals surface area contributed by atoms with E-state index in [1.165, 1.54) is 24.2 Å². The van der Waals surface area contributed by atoms with Gasteiger partial charge in [-0.2, -0.15) is 0 Å². The molecule has 0 N–H and O–H groups in total. The van der Waals surface area contributed by atoms with Crippen LogP contribution in [0.2, 0.25) is 0 Å². The van der Waals surface area contributed by atoms with Gasteiger partial charge in [0.1, 0.15) is 11.1 Å². The molecule has 1 saturated carbocycles. The van der Waals surface area contributed by atoms with Gasteiger partial charge in [-0.1, -0.05) is 43.2 Å². The largest absolute Gasteiger partial charge is 0.465 e. The van der Waals surface area contributed by atoms with Crippen LogP contribution in [0.5, 0.6) is 0 Å². The van der Waals surface area contributed by atoms with Gasteiger partial charge >= 0.3 is 5.97 Å². The second-order valence-electron chi connectivity index (χ2n) is 6.51. The highest BCUT2D eigenvalue weighted by Crippen LogP contribution is 2.38. The summed E-state index contributed by atoms with van der Waals surface area (Å²) >= 11 is 1.39. The van der Waals surface area contributed by atoms with Gasteiger partial charge in [0.25, 0.3) is 0 Å². The van der Waals surface area contributed by atoms with Gasteiger partial charge in [0, 0.05) is 12.5 Å². The summed E-state index contributed by atoms with van der Waals surface area (Å²) in [5, 5.41) is 9.04. The number of halogens is 1. The van der Waals surface area contributed by atoms with Crippen LogP contribution in [0, 0.1) is 5.82 Å². The highest BCUT2D eigenvalue weighted by Gasteiger charge is 2.32. The first-order valence-corrected chi connectivity index (χ1v) is 9.65. The number of hydrogen-bond donors (Lipinski definition) is 0. The first-order valence-electron chi connectivity index (χ1n) is 8.77. The number of hydrogen-bond acceptors (Lipinski definition) is 5. The molecule has 1 saturated heterocycles. The van der Waals surface area contributed by atoms with E-state index in [9.17, 15) is 9.18 Å². The molecule has 5 nitrogen and oxygen atoms in total. The van der Waals surface area contributed by atoms with E-state index in [0.29, 0.717) is 29.6 Å². The molecule has 0 amide bonds. The second-order valence-corrected chi connectivity index (χ2v) is 7.68. The van der Waals surface area contributed by atoms with E-state index in [2.05, 4.69) is 10.2 Å². The smallest absolute Gasteiger partial charge is 0.319 e. The standard InChI is InChI=1S/C18H20FN3O2S/c19-14-9-5-4-8-13(14)16-20-21-18(25-15-10-11-24-17(15)23)22(16)12-6-2-1-3-7-12/h4-5,8-9,12,15H,1-3,6-7,10-11H2. The first-order chi connectivity index (χ1) is 12.2. The van der Waals surface area contributed by atoms with Gasteiger partial charge in [-0.15, -0.1) is 10.2 Å². The molecular weight excluding hydrogens is 341 g/mol. The number of benzene rings is 1. The molecule has 25 heavy (non-hydrogen) atoms. The van der Waals surface area contributed by atoms with Crippen LogP contribution in [0.4, 0.5) is 4.39 Å².